The summed E-state index contributed by atoms with van der Waals surface area (Å²) >= 11 is 0. The number of methoxy groups -OCH3 is 2. The number of ether oxygens (including phenoxy) is 4. The van der Waals surface area contributed by atoms with Crippen LogP contribution in [0.15, 0.2) is 18.2 Å². The van der Waals surface area contributed by atoms with Crippen molar-refractivity contribution in [2.75, 3.05) is 14.2 Å². The lowest BCUT2D eigenvalue weighted by atomic mass is 9.91. The first kappa shape index (κ1) is 13.3. The van der Waals surface area contributed by atoms with Gasteiger partial charge in [0.2, 0.25) is 0 Å². The fourth-order valence-corrected chi connectivity index (χ4v) is 2.79. The van der Waals surface area contributed by atoms with Gasteiger partial charge in [0.1, 0.15) is 18.0 Å². The van der Waals surface area contributed by atoms with Gasteiger partial charge in [-0.25, -0.2) is 0 Å². The van der Waals surface area contributed by atoms with Crippen molar-refractivity contribution in [3.8, 4) is 5.75 Å². The van der Waals surface area contributed by atoms with Gasteiger partial charge in [-0.3, -0.25) is 10.1 Å². The smallest absolute Gasteiger partial charge is 0.270 e. The van der Waals surface area contributed by atoms with E-state index >= 15 is 0 Å². The Balaban J connectivity index is 1.97. The molecule has 3 atom stereocenters. The molecule has 1 aromatic rings. The summed E-state index contributed by atoms with van der Waals surface area (Å²) < 4.78 is 22.1. The van der Waals surface area contributed by atoms with Crippen LogP contribution in [0.1, 0.15) is 18.6 Å². The minimum absolute atomic E-state index is 0.0280. The Bertz CT molecular complexity index is 558. The van der Waals surface area contributed by atoms with Crippen molar-refractivity contribution in [3.63, 3.8) is 0 Å². The molecule has 0 amide bonds. The van der Waals surface area contributed by atoms with Crippen molar-refractivity contribution in [2.45, 2.75) is 31.0 Å². The Kier molecular flexibility index (Phi) is 2.93. The average Bonchev–Trinajstić information content (AvgIpc) is 3.21. The summed E-state index contributed by atoms with van der Waals surface area (Å²) in [6.07, 6.45) is -1.03. The van der Waals surface area contributed by atoms with Crippen LogP contribution in [-0.2, 0) is 14.2 Å². The van der Waals surface area contributed by atoms with Crippen molar-refractivity contribution in [2.24, 2.45) is 0 Å². The number of nitro groups is 1. The first-order valence-corrected chi connectivity index (χ1v) is 6.19. The number of epoxide rings is 1. The number of non-ortho nitro benzene ring substituents is 1. The third-order valence-electron chi connectivity index (χ3n) is 3.79. The summed E-state index contributed by atoms with van der Waals surface area (Å²) in [7, 11) is 3.07. The number of hydrogen-bond donors (Lipinski definition) is 0. The molecule has 1 saturated heterocycles. The van der Waals surface area contributed by atoms with Crippen LogP contribution in [-0.4, -0.2) is 37.1 Å². The molecule has 0 N–H and O–H groups in total. The maximum Gasteiger partial charge on any atom is 0.270 e. The predicted octanol–water partition coefficient (Wildman–Crippen LogP) is 1.80. The lowest BCUT2D eigenvalue weighted by molar-refractivity contribution is -0.385. The summed E-state index contributed by atoms with van der Waals surface area (Å²) in [6, 6.07) is 4.50. The van der Waals surface area contributed by atoms with Gasteiger partial charge in [0.05, 0.1) is 4.92 Å². The molecule has 108 valence electrons. The largest absolute Gasteiger partial charge is 0.479 e. The molecule has 3 unspecified atom stereocenters. The number of nitrogens with zero attached hydrogens (tertiary/aromatic N) is 1. The molecule has 2 aliphatic heterocycles. The molecule has 0 saturated carbocycles. The van der Waals surface area contributed by atoms with E-state index in [9.17, 15) is 10.1 Å². The third kappa shape index (κ3) is 1.78. The van der Waals surface area contributed by atoms with Gasteiger partial charge in [-0.15, -0.1) is 0 Å². The normalized spacial score (nSPS) is 30.4. The summed E-state index contributed by atoms with van der Waals surface area (Å²) in [5, 5.41) is 10.8. The van der Waals surface area contributed by atoms with Gasteiger partial charge in [-0.1, -0.05) is 0 Å². The summed E-state index contributed by atoms with van der Waals surface area (Å²) in [4.78, 5) is 10.4. The first-order chi connectivity index (χ1) is 9.51. The SMILES string of the molecule is COC(OC)C1(C)Oc2ccc([N+](=O)[O-])cc2C2OC21. The highest BCUT2D eigenvalue weighted by atomic mass is 16.7. The molecule has 0 bridgehead atoms. The van der Waals surface area contributed by atoms with Gasteiger partial charge >= 0.3 is 0 Å². The van der Waals surface area contributed by atoms with Gasteiger partial charge in [0, 0.05) is 31.9 Å². The zero-order chi connectivity index (χ0) is 14.5. The van der Waals surface area contributed by atoms with Crippen molar-refractivity contribution in [1.82, 2.24) is 0 Å². The number of rotatable bonds is 4. The first-order valence-electron chi connectivity index (χ1n) is 6.19. The Labute approximate surface area is 115 Å². The Morgan fingerprint density at radius 3 is 2.70 bits per heavy atom. The van der Waals surface area contributed by atoms with Crippen LogP contribution in [0.4, 0.5) is 5.69 Å². The van der Waals surface area contributed by atoms with Crippen molar-refractivity contribution in [1.29, 1.82) is 0 Å². The van der Waals surface area contributed by atoms with Gasteiger partial charge in [-0.2, -0.15) is 0 Å². The molecule has 2 aliphatic rings. The van der Waals surface area contributed by atoms with E-state index in [-0.39, 0.29) is 17.9 Å². The summed E-state index contributed by atoms with van der Waals surface area (Å²) in [5.41, 5.74) is -0.0509. The molecule has 1 fully saturated rings. The maximum absolute atomic E-state index is 10.8. The van der Waals surface area contributed by atoms with Crippen LogP contribution in [0.3, 0.4) is 0 Å². The van der Waals surface area contributed by atoms with Gasteiger partial charge in [0.15, 0.2) is 11.9 Å². The highest BCUT2D eigenvalue weighted by Gasteiger charge is 2.63. The van der Waals surface area contributed by atoms with E-state index in [1.165, 1.54) is 26.4 Å². The minimum Gasteiger partial charge on any atom is -0.479 e. The van der Waals surface area contributed by atoms with Crippen molar-refractivity contribution < 1.29 is 23.9 Å². The zero-order valence-corrected chi connectivity index (χ0v) is 11.4. The third-order valence-corrected chi connectivity index (χ3v) is 3.79. The second-order valence-electron chi connectivity index (χ2n) is 5.05. The van der Waals surface area contributed by atoms with Crippen LogP contribution in [0, 0.1) is 10.1 Å². The van der Waals surface area contributed by atoms with E-state index in [4.69, 9.17) is 18.9 Å². The van der Waals surface area contributed by atoms with Gasteiger partial charge in [0.25, 0.3) is 5.69 Å². The quantitative estimate of drug-likeness (QED) is 0.362. The van der Waals surface area contributed by atoms with Crippen molar-refractivity contribution >= 4 is 5.69 Å². The monoisotopic (exact) mass is 281 g/mol. The molecule has 3 rings (SSSR count). The van der Waals surface area contributed by atoms with Crippen LogP contribution < -0.4 is 4.74 Å². The number of fused-ring (bicyclic) bond motifs is 3. The number of hydrogen-bond acceptors (Lipinski definition) is 6. The van der Waals surface area contributed by atoms with Gasteiger partial charge < -0.3 is 18.9 Å². The second kappa shape index (κ2) is 4.41. The van der Waals surface area contributed by atoms with Crippen LogP contribution >= 0.6 is 0 Å². The lowest BCUT2D eigenvalue weighted by Gasteiger charge is -2.37. The predicted molar refractivity (Wildman–Crippen MR) is 67.5 cm³/mol. The number of nitro benzene ring substituents is 1. The van der Waals surface area contributed by atoms with E-state index in [2.05, 4.69) is 0 Å². The second-order valence-corrected chi connectivity index (χ2v) is 5.05. The molecule has 2 heterocycles. The molecular weight excluding hydrogens is 266 g/mol. The molecule has 20 heavy (non-hydrogen) atoms. The maximum atomic E-state index is 10.8. The Hall–Kier alpha value is -1.70. The van der Waals surface area contributed by atoms with Crippen LogP contribution in [0.25, 0.3) is 0 Å². The van der Waals surface area contributed by atoms with E-state index in [0.717, 1.165) is 0 Å². The van der Waals surface area contributed by atoms with Crippen LogP contribution in [0.2, 0.25) is 0 Å². The fourth-order valence-electron chi connectivity index (χ4n) is 2.79. The zero-order valence-electron chi connectivity index (χ0n) is 11.4. The highest BCUT2D eigenvalue weighted by Crippen LogP contribution is 2.55. The number of benzene rings is 1. The molecule has 0 aliphatic carbocycles. The van der Waals surface area contributed by atoms with Gasteiger partial charge in [-0.05, 0) is 13.0 Å². The fraction of sp³-hybridized carbons (Fsp3) is 0.538. The minimum atomic E-state index is -0.780. The topological polar surface area (TPSA) is 83.4 Å². The molecule has 0 radical (unpaired) electrons. The van der Waals surface area contributed by atoms with E-state index in [1.807, 2.05) is 6.92 Å². The standard InChI is InChI=1S/C13H15NO6/c1-13(12(17-2)18-3)11-10(19-11)8-6-7(14(15)16)4-5-9(8)20-13/h4-6,10-12H,1-3H3. The molecule has 0 spiro atoms. The van der Waals surface area contributed by atoms with E-state index in [1.54, 1.807) is 6.07 Å². The van der Waals surface area contributed by atoms with Crippen LogP contribution in [0.5, 0.6) is 5.75 Å². The molecular formula is C13H15NO6. The van der Waals surface area contributed by atoms with Crippen molar-refractivity contribution in [3.05, 3.63) is 33.9 Å². The molecule has 7 nitrogen and oxygen atoms in total. The summed E-state index contributed by atoms with van der Waals surface area (Å²) in [6.45, 7) is 1.85. The molecule has 0 aromatic heterocycles. The molecule has 7 heteroatoms. The average molecular weight is 281 g/mol. The lowest BCUT2D eigenvalue weighted by Crippen LogP contribution is -2.53. The van der Waals surface area contributed by atoms with E-state index < -0.39 is 16.8 Å². The molecule has 1 aromatic carbocycles. The van der Waals surface area contributed by atoms with E-state index in [0.29, 0.717) is 11.3 Å². The summed E-state index contributed by atoms with van der Waals surface area (Å²) in [5.74, 6) is 0.566. The Morgan fingerprint density at radius 2 is 2.10 bits per heavy atom. The Morgan fingerprint density at radius 1 is 1.40 bits per heavy atom. The highest BCUT2D eigenvalue weighted by molar-refractivity contribution is 5.49.